The number of carbonyl (C=O) groups excluding carboxylic acids is 4. The Bertz CT molecular complexity index is 917. The molecule has 0 radical (unpaired) electrons. The number of amides is 1. The molecular weight excluding hydrogens is 578 g/mol. The van der Waals surface area contributed by atoms with E-state index < -0.39 is 94.5 Å². The van der Waals surface area contributed by atoms with Crippen LogP contribution in [0.5, 0.6) is 0 Å². The van der Waals surface area contributed by atoms with Crippen LogP contribution in [0.1, 0.15) is 12.8 Å². The first-order valence-electron chi connectivity index (χ1n) is 10.6. The van der Waals surface area contributed by atoms with E-state index in [1.807, 2.05) is 0 Å². The Labute approximate surface area is 227 Å². The molecule has 40 heavy (non-hydrogen) atoms. The van der Waals surface area contributed by atoms with Gasteiger partial charge in [-0.1, -0.05) is 0 Å². The monoisotopic (exact) mass is 603 g/mol. The van der Waals surface area contributed by atoms with Gasteiger partial charge in [0.15, 0.2) is 0 Å². The molecule has 0 saturated heterocycles. The molecular formula is C17H25N5O17S. The van der Waals surface area contributed by atoms with E-state index in [9.17, 15) is 54.3 Å². The number of nitrogens with zero attached hydrogens (tertiary/aromatic N) is 3. The second-order valence-electron chi connectivity index (χ2n) is 7.63. The standard InChI is InChI=1S/C17H25N5O17S/c1-35-15(27)11(19-13(24)3-2-10(18)14(25)26)4-40-5-12(23)16(28)36-6-17(7-37-20(29)30,8-38-21(31)32)9-39-22(33)34/h10-11H,2-9,18H2,1H3,(H,19,24)(H,25,26)/t10-,11-/m0/s1. The van der Waals surface area contributed by atoms with Crippen LogP contribution in [0.15, 0.2) is 0 Å². The molecule has 0 rings (SSSR count). The number of hydrogen-bond donors (Lipinski definition) is 3. The van der Waals surface area contributed by atoms with E-state index in [1.54, 1.807) is 0 Å². The fraction of sp³-hybridized carbons (Fsp3) is 0.706. The molecule has 0 bridgehead atoms. The number of hydrogen-bond acceptors (Lipinski definition) is 18. The first-order chi connectivity index (χ1) is 18.6. The lowest BCUT2D eigenvalue weighted by molar-refractivity contribution is -0.782. The predicted octanol–water partition coefficient (Wildman–Crippen LogP) is -2.71. The number of carboxylic acid groups (broad SMARTS) is 1. The van der Waals surface area contributed by atoms with Crippen LogP contribution in [-0.2, 0) is 48.0 Å². The highest BCUT2D eigenvalue weighted by Crippen LogP contribution is 2.21. The van der Waals surface area contributed by atoms with Crippen molar-refractivity contribution in [3.63, 3.8) is 0 Å². The summed E-state index contributed by atoms with van der Waals surface area (Å²) in [5.41, 5.74) is 3.13. The van der Waals surface area contributed by atoms with Gasteiger partial charge in [-0.05, 0) is 6.42 Å². The summed E-state index contributed by atoms with van der Waals surface area (Å²) in [6, 6.07) is -2.62. The smallest absolute Gasteiger partial charge is 0.375 e. The molecule has 4 N–H and O–H groups in total. The molecule has 0 aliphatic rings. The number of thioether (sulfide) groups is 1. The van der Waals surface area contributed by atoms with E-state index >= 15 is 0 Å². The third kappa shape index (κ3) is 15.0. The SMILES string of the molecule is COC(=O)[C@H](CSCC(=O)C(=O)OCC(CO[N+](=O)[O-])(CO[N+](=O)[O-])CO[N+](=O)[O-])NC(=O)CC[C@H](N)C(=O)O. The van der Waals surface area contributed by atoms with Crippen molar-refractivity contribution in [1.82, 2.24) is 5.32 Å². The molecule has 0 heterocycles. The topological polar surface area (TPSA) is 319 Å². The number of Topliss-reactive ketones (excluding diaryl/α,β-unsaturated/α-hetero) is 1. The van der Waals surface area contributed by atoms with E-state index in [0.29, 0.717) is 11.8 Å². The maximum absolute atomic E-state index is 12.2. The molecule has 0 aromatic heterocycles. The van der Waals surface area contributed by atoms with Gasteiger partial charge in [0.2, 0.25) is 11.7 Å². The first kappa shape index (κ1) is 35.5. The Hall–Kier alpha value is -4.54. The van der Waals surface area contributed by atoms with Gasteiger partial charge in [-0.15, -0.1) is 30.3 Å². The zero-order valence-electron chi connectivity index (χ0n) is 20.6. The molecule has 1 amide bonds. The molecule has 0 spiro atoms. The number of rotatable bonds is 22. The number of esters is 2. The third-order valence-electron chi connectivity index (χ3n) is 4.50. The number of carboxylic acids is 1. The number of nitrogens with one attached hydrogen (secondary N) is 1. The van der Waals surface area contributed by atoms with Crippen LogP contribution >= 0.6 is 11.8 Å². The quantitative estimate of drug-likeness (QED) is 0.0490. The van der Waals surface area contributed by atoms with Crippen molar-refractivity contribution >= 4 is 41.4 Å². The van der Waals surface area contributed by atoms with E-state index in [-0.39, 0.29) is 18.6 Å². The molecule has 0 saturated carbocycles. The zero-order valence-corrected chi connectivity index (χ0v) is 21.4. The van der Waals surface area contributed by atoms with Gasteiger partial charge in [-0.25, -0.2) is 9.59 Å². The van der Waals surface area contributed by atoms with Crippen molar-refractivity contribution in [2.75, 3.05) is 45.0 Å². The van der Waals surface area contributed by atoms with Gasteiger partial charge in [0.25, 0.3) is 15.3 Å². The normalized spacial score (nSPS) is 12.2. The summed E-state index contributed by atoms with van der Waals surface area (Å²) < 4.78 is 9.24. The highest BCUT2D eigenvalue weighted by Gasteiger charge is 2.38. The molecule has 0 fully saturated rings. The molecule has 2 atom stereocenters. The highest BCUT2D eigenvalue weighted by atomic mass is 32.2. The predicted molar refractivity (Wildman–Crippen MR) is 123 cm³/mol. The first-order valence-corrected chi connectivity index (χ1v) is 11.7. The number of ketones is 1. The van der Waals surface area contributed by atoms with Crippen molar-refractivity contribution in [2.45, 2.75) is 24.9 Å². The number of nitrogens with two attached hydrogens (primary N) is 1. The molecule has 22 nitrogen and oxygen atoms in total. The summed E-state index contributed by atoms with van der Waals surface area (Å²) in [6.45, 7) is -4.47. The Kier molecular flexibility index (Phi) is 15.8. The minimum atomic E-state index is -2.17. The summed E-state index contributed by atoms with van der Waals surface area (Å²) in [5, 5.41) is 38.6. The van der Waals surface area contributed by atoms with E-state index in [4.69, 9.17) is 15.6 Å². The second-order valence-corrected chi connectivity index (χ2v) is 8.66. The summed E-state index contributed by atoms with van der Waals surface area (Å²) >= 11 is 0.662. The summed E-state index contributed by atoms with van der Waals surface area (Å²) in [5.74, 6) is -6.75. The fourth-order valence-corrected chi connectivity index (χ4v) is 3.31. The number of aliphatic carboxylic acids is 1. The molecule has 0 aromatic carbocycles. The number of methoxy groups -OCH3 is 1. The minimum absolute atomic E-state index is 0.236. The van der Waals surface area contributed by atoms with Crippen LogP contribution in [0.25, 0.3) is 0 Å². The molecule has 226 valence electrons. The van der Waals surface area contributed by atoms with Gasteiger partial charge in [0.05, 0.1) is 18.3 Å². The van der Waals surface area contributed by atoms with Crippen molar-refractivity contribution in [1.29, 1.82) is 0 Å². The zero-order chi connectivity index (χ0) is 30.9. The van der Waals surface area contributed by atoms with Crippen LogP contribution in [0.4, 0.5) is 0 Å². The van der Waals surface area contributed by atoms with Crippen molar-refractivity contribution in [2.24, 2.45) is 11.1 Å². The third-order valence-corrected chi connectivity index (χ3v) is 5.54. The maximum Gasteiger partial charge on any atom is 0.375 e. The average Bonchev–Trinajstić information content (AvgIpc) is 2.89. The summed E-state index contributed by atoms with van der Waals surface area (Å²) in [4.78, 5) is 103. The Morgan fingerprint density at radius 1 is 0.950 bits per heavy atom. The lowest BCUT2D eigenvalue weighted by Gasteiger charge is -2.29. The van der Waals surface area contributed by atoms with Gasteiger partial charge in [-0.2, -0.15) is 11.8 Å². The van der Waals surface area contributed by atoms with Crippen molar-refractivity contribution in [3.05, 3.63) is 30.3 Å². The van der Waals surface area contributed by atoms with Crippen LogP contribution in [0.3, 0.4) is 0 Å². The fourth-order valence-electron chi connectivity index (χ4n) is 2.43. The van der Waals surface area contributed by atoms with E-state index in [2.05, 4.69) is 24.6 Å². The number of ether oxygens (including phenoxy) is 2. The minimum Gasteiger partial charge on any atom is -0.480 e. The lowest BCUT2D eigenvalue weighted by Crippen LogP contribution is -2.44. The summed E-state index contributed by atoms with van der Waals surface area (Å²) in [6.07, 6.45) is -0.584. The highest BCUT2D eigenvalue weighted by molar-refractivity contribution is 8.00. The van der Waals surface area contributed by atoms with Gasteiger partial charge in [0, 0.05) is 12.2 Å². The van der Waals surface area contributed by atoms with Crippen LogP contribution in [-0.4, -0.2) is 107 Å². The lowest BCUT2D eigenvalue weighted by atomic mass is 9.92. The molecule has 0 aromatic rings. The van der Waals surface area contributed by atoms with Gasteiger partial charge in [0.1, 0.15) is 38.5 Å². The van der Waals surface area contributed by atoms with Crippen LogP contribution in [0.2, 0.25) is 0 Å². The Morgan fingerprint density at radius 2 is 1.45 bits per heavy atom. The van der Waals surface area contributed by atoms with Gasteiger partial charge < -0.3 is 40.1 Å². The largest absolute Gasteiger partial charge is 0.480 e. The van der Waals surface area contributed by atoms with E-state index in [1.165, 1.54) is 0 Å². The maximum atomic E-state index is 12.2. The van der Waals surface area contributed by atoms with E-state index in [0.717, 1.165) is 7.11 Å². The van der Waals surface area contributed by atoms with Gasteiger partial charge >= 0.3 is 17.9 Å². The number of carbonyl (C=O) groups is 5. The molecule has 0 unspecified atom stereocenters. The summed E-state index contributed by atoms with van der Waals surface area (Å²) in [7, 11) is 1.01. The van der Waals surface area contributed by atoms with Crippen LogP contribution in [0, 0.1) is 35.8 Å². The van der Waals surface area contributed by atoms with Crippen molar-refractivity contribution in [3.8, 4) is 0 Å². The van der Waals surface area contributed by atoms with Crippen LogP contribution < -0.4 is 11.1 Å². The Morgan fingerprint density at radius 3 is 1.88 bits per heavy atom. The average molecular weight is 603 g/mol. The molecule has 0 aliphatic heterocycles. The molecule has 23 heteroatoms. The van der Waals surface area contributed by atoms with Crippen molar-refractivity contribution < 1.29 is 68.3 Å². The Balaban J connectivity index is 5.15. The molecule has 0 aliphatic carbocycles. The van der Waals surface area contributed by atoms with Gasteiger partial charge in [-0.3, -0.25) is 14.4 Å². The second kappa shape index (κ2) is 17.9.